The van der Waals surface area contributed by atoms with Gasteiger partial charge < -0.3 is 4.74 Å². The first-order valence-corrected chi connectivity index (χ1v) is 9.88. The summed E-state index contributed by atoms with van der Waals surface area (Å²) in [6.45, 7) is 3.67. The van der Waals surface area contributed by atoms with E-state index in [2.05, 4.69) is 21.5 Å². The Kier molecular flexibility index (Phi) is 5.15. The predicted octanol–water partition coefficient (Wildman–Crippen LogP) is 4.00. The van der Waals surface area contributed by atoms with Crippen molar-refractivity contribution in [3.8, 4) is 17.0 Å². The van der Waals surface area contributed by atoms with Gasteiger partial charge in [-0.1, -0.05) is 35.9 Å². The van der Waals surface area contributed by atoms with E-state index in [0.717, 1.165) is 16.8 Å². The number of amides is 1. The van der Waals surface area contributed by atoms with Gasteiger partial charge >= 0.3 is 5.69 Å². The largest absolute Gasteiger partial charge is 0.477 e. The highest BCUT2D eigenvalue weighted by molar-refractivity contribution is 7.15. The van der Waals surface area contributed by atoms with Crippen molar-refractivity contribution in [2.45, 2.75) is 13.8 Å². The van der Waals surface area contributed by atoms with Gasteiger partial charge in [0.15, 0.2) is 12.4 Å². The van der Waals surface area contributed by atoms with Crippen LogP contribution in [0.1, 0.15) is 11.1 Å². The first kappa shape index (κ1) is 19.5. The lowest BCUT2D eigenvalue weighted by atomic mass is 10.0. The van der Waals surface area contributed by atoms with Crippen molar-refractivity contribution in [2.24, 2.45) is 0 Å². The Bertz CT molecular complexity index is 1260. The number of anilines is 1. The molecule has 0 aliphatic heterocycles. The number of rotatable bonds is 6. The molecule has 0 aliphatic carbocycles. The van der Waals surface area contributed by atoms with E-state index in [1.807, 2.05) is 31.4 Å². The van der Waals surface area contributed by atoms with Gasteiger partial charge in [0.2, 0.25) is 4.96 Å². The normalized spacial score (nSPS) is 10.9. The second-order valence-corrected chi connectivity index (χ2v) is 7.47. The number of aryl methyl sites for hydroxylation is 2. The van der Waals surface area contributed by atoms with Crippen molar-refractivity contribution in [2.75, 3.05) is 11.9 Å². The number of fused-ring (bicyclic) bond motifs is 1. The Morgan fingerprint density at radius 1 is 1.27 bits per heavy atom. The fourth-order valence-corrected chi connectivity index (χ4v) is 3.88. The van der Waals surface area contributed by atoms with E-state index < -0.39 is 17.4 Å². The molecule has 152 valence electrons. The number of hydrogen-bond acceptors (Lipinski definition) is 7. The maximum Gasteiger partial charge on any atom is 0.310 e. The molecule has 0 fully saturated rings. The fourth-order valence-electron chi connectivity index (χ4n) is 3.06. The maximum absolute atomic E-state index is 12.2. The van der Waals surface area contributed by atoms with Crippen LogP contribution < -0.4 is 10.1 Å². The summed E-state index contributed by atoms with van der Waals surface area (Å²) in [6.07, 6.45) is 0. The average molecular weight is 423 g/mol. The number of para-hydroxylation sites is 2. The highest BCUT2D eigenvalue weighted by Gasteiger charge is 2.17. The van der Waals surface area contributed by atoms with E-state index in [4.69, 9.17) is 4.74 Å². The monoisotopic (exact) mass is 423 g/mol. The predicted molar refractivity (Wildman–Crippen MR) is 113 cm³/mol. The summed E-state index contributed by atoms with van der Waals surface area (Å²) in [4.78, 5) is 27.6. The molecule has 10 heteroatoms. The van der Waals surface area contributed by atoms with Crippen molar-refractivity contribution in [1.29, 1.82) is 0 Å². The molecule has 1 amide bonds. The summed E-state index contributed by atoms with van der Waals surface area (Å²) in [5.74, 6) is -0.350. The number of nitro groups is 1. The first-order valence-electron chi connectivity index (χ1n) is 9.00. The van der Waals surface area contributed by atoms with Gasteiger partial charge in [-0.3, -0.25) is 20.2 Å². The van der Waals surface area contributed by atoms with Crippen LogP contribution in [0.5, 0.6) is 5.75 Å². The molecule has 4 rings (SSSR count). The number of aromatic nitrogens is 3. The van der Waals surface area contributed by atoms with Crippen LogP contribution in [-0.4, -0.2) is 32.0 Å². The van der Waals surface area contributed by atoms with Crippen molar-refractivity contribution in [3.63, 3.8) is 0 Å². The summed E-state index contributed by atoms with van der Waals surface area (Å²) >= 11 is 1.42. The van der Waals surface area contributed by atoms with Gasteiger partial charge in [-0.15, -0.1) is 16.4 Å². The zero-order valence-electron chi connectivity index (χ0n) is 16.2. The summed E-state index contributed by atoms with van der Waals surface area (Å²) < 4.78 is 6.98. The molecule has 4 aromatic rings. The highest BCUT2D eigenvalue weighted by Crippen LogP contribution is 2.29. The lowest BCUT2D eigenvalue weighted by Crippen LogP contribution is -2.21. The number of carbonyl (C=O) groups excluding carboxylic acids is 1. The Balaban J connectivity index is 1.49. The SMILES string of the molecule is Cc1ccc(-c2csc3nc(NC(=O)COc4ccccc4[N+](=O)[O-])nn23)c(C)c1. The number of ether oxygens (including phenoxy) is 1. The van der Waals surface area contributed by atoms with Gasteiger partial charge in [-0.05, 0) is 25.5 Å². The molecule has 2 heterocycles. The van der Waals surface area contributed by atoms with Crippen LogP contribution in [0.4, 0.5) is 11.6 Å². The van der Waals surface area contributed by atoms with Crippen LogP contribution >= 0.6 is 11.3 Å². The zero-order chi connectivity index (χ0) is 21.3. The third kappa shape index (κ3) is 3.85. The molecule has 0 radical (unpaired) electrons. The van der Waals surface area contributed by atoms with E-state index in [1.54, 1.807) is 10.6 Å². The quantitative estimate of drug-likeness (QED) is 0.371. The second-order valence-electron chi connectivity index (χ2n) is 6.63. The number of hydrogen-bond donors (Lipinski definition) is 1. The lowest BCUT2D eigenvalue weighted by Gasteiger charge is -2.06. The fraction of sp³-hybridized carbons (Fsp3) is 0.150. The van der Waals surface area contributed by atoms with Gasteiger partial charge in [0.1, 0.15) is 0 Å². The molecule has 9 nitrogen and oxygen atoms in total. The summed E-state index contributed by atoms with van der Waals surface area (Å²) in [7, 11) is 0. The van der Waals surface area contributed by atoms with E-state index >= 15 is 0 Å². The molecule has 0 atom stereocenters. The standard InChI is InChI=1S/C20H17N5O4S/c1-12-7-8-14(13(2)9-12)16-11-30-20-22-19(23-24(16)20)21-18(26)10-29-17-6-4-3-5-15(17)25(27)28/h3-9,11H,10H2,1-2H3,(H,21,23,26). The molecule has 0 saturated carbocycles. The smallest absolute Gasteiger partial charge is 0.310 e. The van der Waals surface area contributed by atoms with Crippen LogP contribution in [0.25, 0.3) is 16.2 Å². The Labute approximate surface area is 175 Å². The summed E-state index contributed by atoms with van der Waals surface area (Å²) in [5, 5.41) is 19.9. The Morgan fingerprint density at radius 2 is 2.07 bits per heavy atom. The Morgan fingerprint density at radius 3 is 2.83 bits per heavy atom. The van der Waals surface area contributed by atoms with E-state index in [9.17, 15) is 14.9 Å². The number of thiazole rings is 1. The summed E-state index contributed by atoms with van der Waals surface area (Å²) in [6, 6.07) is 12.0. The zero-order valence-corrected chi connectivity index (χ0v) is 17.0. The van der Waals surface area contributed by atoms with Crippen LogP contribution in [0.2, 0.25) is 0 Å². The van der Waals surface area contributed by atoms with Crippen molar-refractivity contribution in [1.82, 2.24) is 14.6 Å². The van der Waals surface area contributed by atoms with Crippen molar-refractivity contribution < 1.29 is 14.5 Å². The molecule has 30 heavy (non-hydrogen) atoms. The molecule has 0 bridgehead atoms. The molecule has 0 aliphatic rings. The lowest BCUT2D eigenvalue weighted by molar-refractivity contribution is -0.385. The van der Waals surface area contributed by atoms with Crippen molar-refractivity contribution >= 4 is 33.8 Å². The maximum atomic E-state index is 12.2. The van der Waals surface area contributed by atoms with E-state index in [-0.39, 0.29) is 17.4 Å². The van der Waals surface area contributed by atoms with Gasteiger partial charge in [-0.25, -0.2) is 4.52 Å². The summed E-state index contributed by atoms with van der Waals surface area (Å²) in [5.41, 5.74) is 4.01. The van der Waals surface area contributed by atoms with Crippen LogP contribution in [-0.2, 0) is 4.79 Å². The van der Waals surface area contributed by atoms with Crippen molar-refractivity contribution in [3.05, 3.63) is 69.1 Å². The molecule has 0 spiro atoms. The van der Waals surface area contributed by atoms with Crippen LogP contribution in [0.3, 0.4) is 0 Å². The minimum atomic E-state index is -0.563. The highest BCUT2D eigenvalue weighted by atomic mass is 32.1. The van der Waals surface area contributed by atoms with Gasteiger partial charge in [0.25, 0.3) is 11.9 Å². The topological polar surface area (TPSA) is 112 Å². The number of benzene rings is 2. The molecular formula is C20H17N5O4S. The third-order valence-electron chi connectivity index (χ3n) is 4.41. The van der Waals surface area contributed by atoms with Crippen LogP contribution in [0, 0.1) is 24.0 Å². The first-order chi connectivity index (χ1) is 14.4. The number of nitrogens with zero attached hydrogens (tertiary/aromatic N) is 4. The Hall–Kier alpha value is -3.79. The molecule has 0 saturated heterocycles. The number of nitro benzene ring substituents is 1. The van der Waals surface area contributed by atoms with E-state index in [1.165, 1.54) is 35.1 Å². The van der Waals surface area contributed by atoms with Gasteiger partial charge in [0.05, 0.1) is 10.6 Å². The van der Waals surface area contributed by atoms with Crippen LogP contribution in [0.15, 0.2) is 47.8 Å². The molecule has 2 aromatic carbocycles. The number of nitrogens with one attached hydrogen (secondary N) is 1. The minimum absolute atomic E-state index is 0.0218. The number of carbonyl (C=O) groups is 1. The molecule has 2 aromatic heterocycles. The minimum Gasteiger partial charge on any atom is -0.477 e. The second kappa shape index (κ2) is 7.91. The molecule has 1 N–H and O–H groups in total. The third-order valence-corrected chi connectivity index (χ3v) is 5.23. The molecule has 0 unspecified atom stereocenters. The van der Waals surface area contributed by atoms with Gasteiger partial charge in [-0.2, -0.15) is 4.98 Å². The van der Waals surface area contributed by atoms with E-state index in [0.29, 0.717) is 4.96 Å². The average Bonchev–Trinajstić information content (AvgIpc) is 3.27. The molecular weight excluding hydrogens is 406 g/mol. The van der Waals surface area contributed by atoms with Gasteiger partial charge in [0, 0.05) is 17.0 Å².